The average molecular weight is 627 g/mol. The summed E-state index contributed by atoms with van der Waals surface area (Å²) >= 11 is 0.746. The third kappa shape index (κ3) is 4.66. The highest BCUT2D eigenvalue weighted by molar-refractivity contribution is 7.23. The highest BCUT2D eigenvalue weighted by Crippen LogP contribution is 2.46. The lowest BCUT2D eigenvalue weighted by Crippen LogP contribution is -2.57. The first kappa shape index (κ1) is 29.2. The Labute approximate surface area is 252 Å². The summed E-state index contributed by atoms with van der Waals surface area (Å²) in [7, 11) is 0. The van der Waals surface area contributed by atoms with Crippen molar-refractivity contribution in [2.24, 2.45) is 0 Å². The molecular formula is C29H25F3N6O5S. The molecule has 0 radical (unpaired) electrons. The molecule has 1 fully saturated rings. The van der Waals surface area contributed by atoms with Crippen LogP contribution in [0.15, 0.2) is 18.3 Å². The van der Waals surface area contributed by atoms with Crippen molar-refractivity contribution in [2.75, 3.05) is 25.0 Å². The molecule has 2 aromatic carbocycles. The Bertz CT molecular complexity index is 1940. The number of benzene rings is 2. The summed E-state index contributed by atoms with van der Waals surface area (Å²) in [5.41, 5.74) is -1.90. The van der Waals surface area contributed by atoms with E-state index in [9.17, 15) is 24.8 Å². The largest absolute Gasteiger partial charge is 0.465 e. The van der Waals surface area contributed by atoms with Crippen molar-refractivity contribution in [3.05, 3.63) is 46.9 Å². The number of thiophene rings is 1. The van der Waals surface area contributed by atoms with Gasteiger partial charge >= 0.3 is 12.2 Å². The number of fused-ring (bicyclic) bond motifs is 2. The van der Waals surface area contributed by atoms with E-state index < -0.39 is 52.8 Å². The van der Waals surface area contributed by atoms with Gasteiger partial charge in [0.05, 0.1) is 28.0 Å². The van der Waals surface area contributed by atoms with E-state index in [4.69, 9.17) is 4.74 Å². The number of amides is 3. The molecule has 228 valence electrons. The first-order valence-electron chi connectivity index (χ1n) is 13.6. The molecule has 3 amide bonds. The fraction of sp³-hybridized carbons (Fsp3) is 0.345. The molecule has 2 aromatic heterocycles. The van der Waals surface area contributed by atoms with E-state index in [0.29, 0.717) is 6.42 Å². The zero-order valence-electron chi connectivity index (χ0n) is 23.7. The second-order valence-electron chi connectivity index (χ2n) is 11.5. The molecule has 2 aliphatic rings. The topological polar surface area (TPSA) is 141 Å². The van der Waals surface area contributed by atoms with E-state index in [2.05, 4.69) is 10.4 Å². The van der Waals surface area contributed by atoms with E-state index in [-0.39, 0.29) is 68.9 Å². The van der Waals surface area contributed by atoms with Gasteiger partial charge in [-0.15, -0.1) is 11.3 Å². The Morgan fingerprint density at radius 2 is 1.89 bits per heavy atom. The minimum atomic E-state index is -1.45. The number of nitrogens with zero attached hydrogens (tertiary/aromatic N) is 5. The van der Waals surface area contributed by atoms with Crippen LogP contribution in [0.5, 0.6) is 0 Å². The number of carboxylic acid groups (broad SMARTS) is 1. The van der Waals surface area contributed by atoms with Gasteiger partial charge in [-0.1, -0.05) is 6.07 Å². The van der Waals surface area contributed by atoms with Crippen LogP contribution in [0.2, 0.25) is 0 Å². The lowest BCUT2D eigenvalue weighted by atomic mass is 9.93. The minimum Gasteiger partial charge on any atom is -0.465 e. The van der Waals surface area contributed by atoms with Crippen molar-refractivity contribution in [3.63, 3.8) is 0 Å². The van der Waals surface area contributed by atoms with Crippen molar-refractivity contribution in [2.45, 2.75) is 45.4 Å². The number of nitrogens with one attached hydrogen (secondary N) is 1. The van der Waals surface area contributed by atoms with Crippen molar-refractivity contribution in [1.29, 1.82) is 5.26 Å². The lowest BCUT2D eigenvalue weighted by molar-refractivity contribution is 0.0412. The molecule has 1 unspecified atom stereocenters. The molecule has 1 atom stereocenters. The van der Waals surface area contributed by atoms with Gasteiger partial charge in [-0.3, -0.25) is 14.8 Å². The number of hydrogen-bond acceptors (Lipinski definition) is 7. The van der Waals surface area contributed by atoms with Crippen molar-refractivity contribution in [1.82, 2.24) is 19.6 Å². The Morgan fingerprint density at radius 3 is 2.57 bits per heavy atom. The number of aryl methyl sites for hydroxylation is 1. The molecule has 4 heterocycles. The predicted octanol–water partition coefficient (Wildman–Crippen LogP) is 5.76. The molecule has 2 N–H and O–H groups in total. The Morgan fingerprint density at radius 1 is 1.16 bits per heavy atom. The SMILES string of the molecule is CC(C)(C)OC(=O)Nc1sc2c(F)ccc(-c3c(F)c(F)c4c5c3cnn5CCC3CN(C(=O)O)CCN3C4=O)c2c1C#N. The van der Waals surface area contributed by atoms with E-state index in [1.165, 1.54) is 26.7 Å². The molecule has 1 saturated heterocycles. The predicted molar refractivity (Wildman–Crippen MR) is 154 cm³/mol. The first-order valence-corrected chi connectivity index (χ1v) is 14.4. The maximum atomic E-state index is 16.2. The van der Waals surface area contributed by atoms with Crippen molar-refractivity contribution in [3.8, 4) is 17.2 Å². The molecule has 4 aromatic rings. The standard InChI is InChI=1S/C29H25F3N6O5S/c1-29(2,3)43-27(40)35-25-15(10-33)19-14(4-5-17(30)24(19)44-25)18-16-11-34-38-7-6-13-12-36(28(41)42)8-9-37(13)26(39)20(23(16)38)22(32)21(18)31/h4-5,11,13H,6-9,12H2,1-3H3,(H,35,40)(H,41,42). The van der Waals surface area contributed by atoms with Gasteiger partial charge in [-0.05, 0) is 38.8 Å². The first-order chi connectivity index (χ1) is 20.8. The maximum absolute atomic E-state index is 16.2. The highest BCUT2D eigenvalue weighted by Gasteiger charge is 2.39. The molecule has 44 heavy (non-hydrogen) atoms. The number of hydrogen-bond donors (Lipinski definition) is 2. The zero-order valence-corrected chi connectivity index (χ0v) is 24.5. The fourth-order valence-electron chi connectivity index (χ4n) is 5.83. The van der Waals surface area contributed by atoms with Gasteiger partial charge in [0.15, 0.2) is 11.6 Å². The summed E-state index contributed by atoms with van der Waals surface area (Å²) in [5.74, 6) is -4.39. The summed E-state index contributed by atoms with van der Waals surface area (Å²) in [6.07, 6.45) is -0.430. The van der Waals surface area contributed by atoms with Crippen LogP contribution >= 0.6 is 11.3 Å². The second-order valence-corrected chi connectivity index (χ2v) is 12.5. The maximum Gasteiger partial charge on any atom is 0.412 e. The van der Waals surface area contributed by atoms with E-state index >= 15 is 13.2 Å². The van der Waals surface area contributed by atoms with Crippen LogP contribution in [-0.2, 0) is 11.3 Å². The van der Waals surface area contributed by atoms with Crippen LogP contribution in [0.3, 0.4) is 0 Å². The van der Waals surface area contributed by atoms with Gasteiger partial charge < -0.3 is 19.6 Å². The number of nitriles is 1. The molecule has 0 aliphatic carbocycles. The third-order valence-electron chi connectivity index (χ3n) is 7.67. The fourth-order valence-corrected chi connectivity index (χ4v) is 6.90. The summed E-state index contributed by atoms with van der Waals surface area (Å²) in [6.45, 7) is 5.15. The van der Waals surface area contributed by atoms with Gasteiger partial charge in [0.25, 0.3) is 5.91 Å². The second kappa shape index (κ2) is 10.4. The Hall–Kier alpha value is -4.84. The molecule has 11 nitrogen and oxygen atoms in total. The average Bonchev–Trinajstić information content (AvgIpc) is 3.52. The molecule has 6 rings (SSSR count). The molecule has 0 saturated carbocycles. The minimum absolute atomic E-state index is 0.000678. The number of ether oxygens (including phenoxy) is 1. The third-order valence-corrected chi connectivity index (χ3v) is 8.78. The molecule has 15 heteroatoms. The number of rotatable bonds is 2. The Kier molecular flexibility index (Phi) is 6.92. The van der Waals surface area contributed by atoms with Gasteiger partial charge in [-0.2, -0.15) is 10.4 Å². The van der Waals surface area contributed by atoms with Crippen LogP contribution in [0.25, 0.3) is 32.1 Å². The van der Waals surface area contributed by atoms with E-state index in [1.54, 1.807) is 20.8 Å². The number of carbonyl (C=O) groups excluding carboxylic acids is 2. The summed E-state index contributed by atoms with van der Waals surface area (Å²) in [6, 6.07) is 3.64. The highest BCUT2D eigenvalue weighted by atomic mass is 32.1. The number of carbonyl (C=O) groups is 3. The molecular weight excluding hydrogens is 601 g/mol. The van der Waals surface area contributed by atoms with E-state index in [1.807, 2.05) is 6.07 Å². The monoisotopic (exact) mass is 626 g/mol. The smallest absolute Gasteiger partial charge is 0.412 e. The lowest BCUT2D eigenvalue weighted by Gasteiger charge is -2.41. The van der Waals surface area contributed by atoms with Crippen LogP contribution in [0.1, 0.15) is 43.1 Å². The zero-order chi connectivity index (χ0) is 31.7. The normalized spacial score (nSPS) is 16.8. The van der Waals surface area contributed by atoms with Crippen LogP contribution in [-0.4, -0.2) is 74.1 Å². The van der Waals surface area contributed by atoms with Gasteiger partial charge in [0.2, 0.25) is 0 Å². The van der Waals surface area contributed by atoms with Crippen molar-refractivity contribution >= 4 is 55.4 Å². The van der Waals surface area contributed by atoms with E-state index in [0.717, 1.165) is 17.4 Å². The van der Waals surface area contributed by atoms with Crippen LogP contribution < -0.4 is 5.32 Å². The summed E-state index contributed by atoms with van der Waals surface area (Å²) in [4.78, 5) is 40.3. The van der Waals surface area contributed by atoms with Crippen LogP contribution in [0.4, 0.5) is 27.8 Å². The summed E-state index contributed by atoms with van der Waals surface area (Å²) in [5, 5.41) is 26.3. The Balaban J connectivity index is 1.53. The number of aromatic nitrogens is 2. The number of anilines is 1. The van der Waals surface area contributed by atoms with Gasteiger partial charge in [-0.25, -0.2) is 22.8 Å². The molecule has 0 spiro atoms. The van der Waals surface area contributed by atoms with Gasteiger partial charge in [0, 0.05) is 42.5 Å². The number of piperazine rings is 1. The van der Waals surface area contributed by atoms with Crippen LogP contribution in [0, 0.1) is 28.8 Å². The quantitative estimate of drug-likeness (QED) is 0.288. The molecule has 2 aliphatic heterocycles. The summed E-state index contributed by atoms with van der Waals surface area (Å²) < 4.78 is 54.0. The number of halogens is 3. The molecule has 0 bridgehead atoms. The van der Waals surface area contributed by atoms with Gasteiger partial charge in [0.1, 0.15) is 28.1 Å². The van der Waals surface area contributed by atoms with Crippen molar-refractivity contribution < 1.29 is 37.4 Å².